The molecule has 0 aliphatic carbocycles. The van der Waals surface area contributed by atoms with Crippen molar-refractivity contribution in [1.29, 1.82) is 0 Å². The van der Waals surface area contributed by atoms with Gasteiger partial charge in [0.05, 0.1) is 5.60 Å². The van der Waals surface area contributed by atoms with E-state index in [1.54, 1.807) is 19.9 Å². The number of nitrogens with two attached hydrogens (primary N) is 1. The smallest absolute Gasteiger partial charge is 0.123 e. The van der Waals surface area contributed by atoms with Crippen LogP contribution in [0, 0.1) is 5.82 Å². The first-order chi connectivity index (χ1) is 8.20. The SMILES string of the molecule is CC(N)C(c1cccc(F)c1)N(C)CC(C)(C)O. The van der Waals surface area contributed by atoms with E-state index in [0.29, 0.717) is 6.54 Å². The van der Waals surface area contributed by atoms with Gasteiger partial charge in [-0.25, -0.2) is 4.39 Å². The Labute approximate surface area is 108 Å². The number of hydrogen-bond donors (Lipinski definition) is 2. The number of likely N-dealkylation sites (N-methyl/N-ethyl adjacent to an activating group) is 1. The molecule has 0 spiro atoms. The Kier molecular flexibility index (Phi) is 4.85. The molecule has 0 aliphatic rings. The molecule has 0 bridgehead atoms. The summed E-state index contributed by atoms with van der Waals surface area (Å²) in [5.74, 6) is -0.269. The standard InChI is InChI=1S/C14H23FN2O/c1-10(16)13(17(4)9-14(2,3)18)11-6-5-7-12(15)8-11/h5-8,10,13,18H,9,16H2,1-4H3. The van der Waals surface area contributed by atoms with Crippen molar-refractivity contribution >= 4 is 0 Å². The molecule has 0 aliphatic heterocycles. The molecule has 0 radical (unpaired) electrons. The van der Waals surface area contributed by atoms with Crippen molar-refractivity contribution in [3.8, 4) is 0 Å². The summed E-state index contributed by atoms with van der Waals surface area (Å²) in [4.78, 5) is 1.96. The Balaban J connectivity index is 2.96. The topological polar surface area (TPSA) is 49.5 Å². The number of benzene rings is 1. The van der Waals surface area contributed by atoms with Crippen LogP contribution in [0.15, 0.2) is 24.3 Å². The number of aliphatic hydroxyl groups is 1. The third-order valence-electron chi connectivity index (χ3n) is 2.80. The van der Waals surface area contributed by atoms with Crippen molar-refractivity contribution in [2.24, 2.45) is 5.73 Å². The van der Waals surface area contributed by atoms with Crippen molar-refractivity contribution in [3.63, 3.8) is 0 Å². The van der Waals surface area contributed by atoms with Gasteiger partial charge < -0.3 is 10.8 Å². The quantitative estimate of drug-likeness (QED) is 0.844. The number of rotatable bonds is 5. The molecule has 3 nitrogen and oxygen atoms in total. The second kappa shape index (κ2) is 5.78. The summed E-state index contributed by atoms with van der Waals surface area (Å²) in [7, 11) is 1.89. The summed E-state index contributed by atoms with van der Waals surface area (Å²) in [5.41, 5.74) is 6.01. The molecule has 2 unspecified atom stereocenters. The minimum Gasteiger partial charge on any atom is -0.389 e. The molecule has 2 atom stereocenters. The van der Waals surface area contributed by atoms with Crippen LogP contribution in [0.3, 0.4) is 0 Å². The summed E-state index contributed by atoms with van der Waals surface area (Å²) in [5, 5.41) is 9.86. The average Bonchev–Trinajstić information content (AvgIpc) is 2.13. The number of halogens is 1. The molecule has 0 heterocycles. The Morgan fingerprint density at radius 3 is 2.50 bits per heavy atom. The van der Waals surface area contributed by atoms with Crippen molar-refractivity contribution in [2.45, 2.75) is 38.5 Å². The van der Waals surface area contributed by atoms with Gasteiger partial charge in [-0.3, -0.25) is 4.90 Å². The second-order valence-electron chi connectivity index (χ2n) is 5.59. The van der Waals surface area contributed by atoms with Crippen LogP contribution in [-0.2, 0) is 0 Å². The van der Waals surface area contributed by atoms with E-state index in [0.717, 1.165) is 5.56 Å². The van der Waals surface area contributed by atoms with E-state index in [2.05, 4.69) is 0 Å². The predicted octanol–water partition coefficient (Wildman–Crippen LogP) is 1.92. The molecule has 1 rings (SSSR count). The highest BCUT2D eigenvalue weighted by Gasteiger charge is 2.25. The van der Waals surface area contributed by atoms with Gasteiger partial charge >= 0.3 is 0 Å². The fourth-order valence-electron chi connectivity index (χ4n) is 2.36. The molecule has 3 N–H and O–H groups in total. The fourth-order valence-corrected chi connectivity index (χ4v) is 2.36. The monoisotopic (exact) mass is 254 g/mol. The van der Waals surface area contributed by atoms with Crippen LogP contribution < -0.4 is 5.73 Å². The Hall–Kier alpha value is -0.970. The van der Waals surface area contributed by atoms with E-state index in [1.165, 1.54) is 12.1 Å². The van der Waals surface area contributed by atoms with E-state index in [9.17, 15) is 9.50 Å². The first kappa shape index (κ1) is 15.1. The van der Waals surface area contributed by atoms with Crippen molar-refractivity contribution < 1.29 is 9.50 Å². The van der Waals surface area contributed by atoms with Gasteiger partial charge in [0.2, 0.25) is 0 Å². The molecule has 0 saturated heterocycles. The second-order valence-corrected chi connectivity index (χ2v) is 5.59. The Morgan fingerprint density at radius 1 is 1.44 bits per heavy atom. The zero-order valence-corrected chi connectivity index (χ0v) is 11.5. The van der Waals surface area contributed by atoms with Gasteiger partial charge in [-0.2, -0.15) is 0 Å². The van der Waals surface area contributed by atoms with Crippen LogP contribution in [0.1, 0.15) is 32.4 Å². The lowest BCUT2D eigenvalue weighted by atomic mass is 9.98. The maximum absolute atomic E-state index is 13.3. The summed E-state index contributed by atoms with van der Waals surface area (Å²) >= 11 is 0. The Bertz CT molecular complexity index is 388. The zero-order chi connectivity index (χ0) is 13.9. The van der Waals surface area contributed by atoms with Crippen LogP contribution in [0.2, 0.25) is 0 Å². The molecule has 18 heavy (non-hydrogen) atoms. The zero-order valence-electron chi connectivity index (χ0n) is 11.5. The van der Waals surface area contributed by atoms with Crippen molar-refractivity contribution in [2.75, 3.05) is 13.6 Å². The lowest BCUT2D eigenvalue weighted by molar-refractivity contribution is 0.0278. The summed E-state index contributed by atoms with van der Waals surface area (Å²) in [6.07, 6.45) is 0. The van der Waals surface area contributed by atoms with Crippen LogP contribution in [0.5, 0.6) is 0 Å². The average molecular weight is 254 g/mol. The van der Waals surface area contributed by atoms with E-state index >= 15 is 0 Å². The largest absolute Gasteiger partial charge is 0.389 e. The Morgan fingerprint density at radius 2 is 2.06 bits per heavy atom. The third-order valence-corrected chi connectivity index (χ3v) is 2.80. The van der Waals surface area contributed by atoms with Crippen LogP contribution in [-0.4, -0.2) is 35.2 Å². The lowest BCUT2D eigenvalue weighted by Crippen LogP contribution is -2.44. The third kappa shape index (κ3) is 4.37. The lowest BCUT2D eigenvalue weighted by Gasteiger charge is -2.35. The molecule has 0 amide bonds. The highest BCUT2D eigenvalue weighted by atomic mass is 19.1. The van der Waals surface area contributed by atoms with Gasteiger partial charge in [0.25, 0.3) is 0 Å². The van der Waals surface area contributed by atoms with Gasteiger partial charge in [0.15, 0.2) is 0 Å². The predicted molar refractivity (Wildman–Crippen MR) is 71.7 cm³/mol. The molecule has 0 fully saturated rings. The minimum absolute atomic E-state index is 0.118. The number of hydrogen-bond acceptors (Lipinski definition) is 3. The first-order valence-corrected chi connectivity index (χ1v) is 6.14. The molecular weight excluding hydrogens is 231 g/mol. The van der Waals surface area contributed by atoms with Crippen molar-refractivity contribution in [3.05, 3.63) is 35.6 Å². The van der Waals surface area contributed by atoms with E-state index < -0.39 is 5.60 Å². The van der Waals surface area contributed by atoms with E-state index in [4.69, 9.17) is 5.73 Å². The van der Waals surface area contributed by atoms with Crippen LogP contribution >= 0.6 is 0 Å². The summed E-state index contributed by atoms with van der Waals surface area (Å²) in [6.45, 7) is 5.84. The van der Waals surface area contributed by atoms with Gasteiger partial charge in [-0.05, 0) is 45.5 Å². The maximum atomic E-state index is 13.3. The van der Waals surface area contributed by atoms with Gasteiger partial charge in [0.1, 0.15) is 5.82 Å². The molecule has 0 aromatic heterocycles. The van der Waals surface area contributed by atoms with Gasteiger partial charge in [-0.15, -0.1) is 0 Å². The fraction of sp³-hybridized carbons (Fsp3) is 0.571. The molecular formula is C14H23FN2O. The summed E-state index contributed by atoms with van der Waals surface area (Å²) in [6, 6.07) is 6.18. The highest BCUT2D eigenvalue weighted by Crippen LogP contribution is 2.24. The van der Waals surface area contributed by atoms with Gasteiger partial charge in [-0.1, -0.05) is 12.1 Å². The van der Waals surface area contributed by atoms with E-state index in [1.807, 2.05) is 24.9 Å². The molecule has 0 saturated carbocycles. The first-order valence-electron chi connectivity index (χ1n) is 6.14. The molecule has 102 valence electrons. The molecule has 4 heteroatoms. The van der Waals surface area contributed by atoms with Crippen molar-refractivity contribution in [1.82, 2.24) is 4.90 Å². The molecule has 1 aromatic carbocycles. The highest BCUT2D eigenvalue weighted by molar-refractivity contribution is 5.21. The normalized spacial score (nSPS) is 15.8. The summed E-state index contributed by atoms with van der Waals surface area (Å²) < 4.78 is 13.3. The molecule has 1 aromatic rings. The van der Waals surface area contributed by atoms with Crippen LogP contribution in [0.4, 0.5) is 4.39 Å². The van der Waals surface area contributed by atoms with E-state index in [-0.39, 0.29) is 17.9 Å². The number of nitrogens with zero attached hydrogens (tertiary/aromatic N) is 1. The minimum atomic E-state index is -0.810. The maximum Gasteiger partial charge on any atom is 0.123 e. The van der Waals surface area contributed by atoms with Crippen LogP contribution in [0.25, 0.3) is 0 Å². The van der Waals surface area contributed by atoms with Gasteiger partial charge in [0, 0.05) is 18.6 Å².